The summed E-state index contributed by atoms with van der Waals surface area (Å²) in [6.45, 7) is 3.47. The number of fused-ring (bicyclic) bond motifs is 1. The zero-order valence-corrected chi connectivity index (χ0v) is 32.6. The molecule has 0 saturated carbocycles. The summed E-state index contributed by atoms with van der Waals surface area (Å²) in [5.74, 6) is -2.03. The quantitative estimate of drug-likeness (QED) is 0.0993. The maximum absolute atomic E-state index is 13.4. The molecule has 1 aliphatic rings. The van der Waals surface area contributed by atoms with E-state index in [1.165, 1.54) is 0 Å². The first kappa shape index (κ1) is 38.5. The van der Waals surface area contributed by atoms with Crippen LogP contribution in [-0.4, -0.2) is 40.5 Å². The van der Waals surface area contributed by atoms with Gasteiger partial charge in [-0.25, -0.2) is 0 Å². The fourth-order valence-corrected chi connectivity index (χ4v) is 7.74. The molecule has 2 heterocycles. The molecule has 0 bridgehead atoms. The van der Waals surface area contributed by atoms with Gasteiger partial charge in [0.2, 0.25) is 5.79 Å². The second kappa shape index (κ2) is 18.2. The number of ether oxygens (including phenoxy) is 5. The Morgan fingerprint density at radius 3 is 1.70 bits per heavy atom. The fourth-order valence-electron chi connectivity index (χ4n) is 7.12. The molecule has 54 heavy (non-hydrogen) atoms. The number of aliphatic hydroxyl groups is 1. The summed E-state index contributed by atoms with van der Waals surface area (Å²) in [5.41, 5.74) is 7.19. The van der Waals surface area contributed by atoms with E-state index >= 15 is 0 Å². The van der Waals surface area contributed by atoms with E-state index in [2.05, 4.69) is 31.8 Å². The number of benzene rings is 5. The van der Waals surface area contributed by atoms with Crippen LogP contribution >= 0.6 is 18.9 Å². The molecule has 1 fully saturated rings. The van der Waals surface area contributed by atoms with Crippen molar-refractivity contribution in [3.63, 3.8) is 0 Å². The van der Waals surface area contributed by atoms with E-state index in [0.29, 0.717) is 12.2 Å². The molecule has 0 aliphatic carbocycles. The Bertz CT molecular complexity index is 2070. The highest BCUT2D eigenvalue weighted by atomic mass is 31.0. The Morgan fingerprint density at radius 2 is 1.17 bits per heavy atom. The predicted octanol–water partition coefficient (Wildman–Crippen LogP) is 8.41. The molecule has 0 amide bonds. The number of aryl methyl sites for hydroxylation is 1. The van der Waals surface area contributed by atoms with Crippen LogP contribution in [0.3, 0.4) is 0 Å². The van der Waals surface area contributed by atoms with Crippen molar-refractivity contribution in [2.45, 2.75) is 70.2 Å². The molecule has 1 saturated heterocycles. The molecule has 0 radical (unpaired) electrons. The minimum atomic E-state index is -2.03. The van der Waals surface area contributed by atoms with Gasteiger partial charge in [0.1, 0.15) is 24.4 Å². The largest absolute Gasteiger partial charge is 0.374 e. The van der Waals surface area contributed by atoms with Gasteiger partial charge in [-0.3, -0.25) is 0 Å². The van der Waals surface area contributed by atoms with Crippen LogP contribution in [0.2, 0.25) is 0 Å². The molecule has 7 rings (SSSR count). The van der Waals surface area contributed by atoms with Gasteiger partial charge in [-0.15, -0.1) is 0 Å². The number of rotatable bonds is 16. The van der Waals surface area contributed by atoms with Gasteiger partial charge < -0.3 is 37.7 Å². The average molecular weight is 764 g/mol. The Balaban J connectivity index is 1.35. The van der Waals surface area contributed by atoms with Gasteiger partial charge >= 0.3 is 0 Å². The lowest BCUT2D eigenvalue weighted by Crippen LogP contribution is -2.66. The summed E-state index contributed by atoms with van der Waals surface area (Å²) >= 11 is 0. The highest BCUT2D eigenvalue weighted by Crippen LogP contribution is 2.44. The lowest BCUT2D eigenvalue weighted by Gasteiger charge is -2.51. The molecule has 1 N–H and O–H groups in total. The van der Waals surface area contributed by atoms with Crippen molar-refractivity contribution < 1.29 is 33.3 Å². The van der Waals surface area contributed by atoms with E-state index in [0.717, 1.165) is 44.3 Å². The van der Waals surface area contributed by atoms with E-state index in [4.69, 9.17) is 28.2 Å². The van der Waals surface area contributed by atoms with Crippen LogP contribution in [0.1, 0.15) is 38.9 Å². The molecule has 7 atom stereocenters. The second-order valence-corrected chi connectivity index (χ2v) is 14.5. The van der Waals surface area contributed by atoms with Crippen LogP contribution in [0.5, 0.6) is 0 Å². The van der Waals surface area contributed by atoms with Crippen LogP contribution < -0.4 is 0 Å². The third-order valence-electron chi connectivity index (χ3n) is 9.82. The van der Waals surface area contributed by atoms with E-state index in [-0.39, 0.29) is 33.0 Å². The summed E-state index contributed by atoms with van der Waals surface area (Å²) in [7, 11) is 5.08. The SMILES string of the molecule is Cc1cn(P)c2cc(C3(O)O[C@H](COCc4ccccc4)[C@@H](OCc4ccccc4)[C@H](OCc4ccccc4)[C@H]3OCc3ccccc3)c(COP)cc12. The topological polar surface area (TPSA) is 80.5 Å². The van der Waals surface area contributed by atoms with Gasteiger partial charge in [-0.1, -0.05) is 121 Å². The maximum Gasteiger partial charge on any atom is 0.223 e. The summed E-state index contributed by atoms with van der Waals surface area (Å²) in [5, 5.41) is 14.4. The van der Waals surface area contributed by atoms with Crippen molar-refractivity contribution in [2.75, 3.05) is 6.61 Å². The minimum absolute atomic E-state index is 0.115. The lowest BCUT2D eigenvalue weighted by molar-refractivity contribution is -0.379. The molecule has 3 unspecified atom stereocenters. The molecule has 5 aromatic carbocycles. The molecule has 8 nitrogen and oxygen atoms in total. The van der Waals surface area contributed by atoms with E-state index in [1.807, 2.05) is 138 Å². The van der Waals surface area contributed by atoms with Gasteiger partial charge in [-0.05, 0) is 61.8 Å². The van der Waals surface area contributed by atoms with Gasteiger partial charge in [0, 0.05) is 26.6 Å². The summed E-state index contributed by atoms with van der Waals surface area (Å²) in [6.07, 6.45) is -1.30. The van der Waals surface area contributed by atoms with Crippen molar-refractivity contribution in [1.82, 2.24) is 4.34 Å². The highest BCUT2D eigenvalue weighted by Gasteiger charge is 2.58. The normalized spacial score (nSPS) is 21.4. The third-order valence-corrected chi connectivity index (χ3v) is 10.4. The summed E-state index contributed by atoms with van der Waals surface area (Å²) < 4.78 is 41.6. The Labute approximate surface area is 321 Å². The predicted molar refractivity (Wildman–Crippen MR) is 216 cm³/mol. The molecular weight excluding hydrogens is 716 g/mol. The van der Waals surface area contributed by atoms with E-state index < -0.39 is 30.2 Å². The lowest BCUT2D eigenvalue weighted by atomic mass is 9.85. The number of aromatic nitrogens is 1. The van der Waals surface area contributed by atoms with Gasteiger partial charge in [0.15, 0.2) is 0 Å². The Morgan fingerprint density at radius 1 is 0.667 bits per heavy atom. The van der Waals surface area contributed by atoms with Crippen molar-refractivity contribution in [2.24, 2.45) is 0 Å². The Kier molecular flexibility index (Phi) is 13.0. The van der Waals surface area contributed by atoms with Crippen molar-refractivity contribution in [3.8, 4) is 0 Å². The summed E-state index contributed by atoms with van der Waals surface area (Å²) in [4.78, 5) is 0. The van der Waals surface area contributed by atoms with Gasteiger partial charge in [0.05, 0.1) is 45.2 Å². The molecule has 0 spiro atoms. The first-order valence-electron chi connectivity index (χ1n) is 18.1. The van der Waals surface area contributed by atoms with E-state index in [9.17, 15) is 5.11 Å². The molecule has 6 aromatic rings. The molecule has 280 valence electrons. The maximum atomic E-state index is 13.4. The van der Waals surface area contributed by atoms with Crippen LogP contribution in [0.25, 0.3) is 10.9 Å². The minimum Gasteiger partial charge on any atom is -0.374 e. The smallest absolute Gasteiger partial charge is 0.223 e. The number of hydrogen-bond acceptors (Lipinski definition) is 7. The second-order valence-electron chi connectivity index (χ2n) is 13.7. The molecular formula is C44H47NO7P2. The Hall–Kier alpha value is -3.78. The van der Waals surface area contributed by atoms with Crippen molar-refractivity contribution >= 4 is 29.8 Å². The summed E-state index contributed by atoms with van der Waals surface area (Å²) in [6, 6.07) is 43.9. The van der Waals surface area contributed by atoms with Crippen LogP contribution in [-0.2, 0) is 67.0 Å². The fraction of sp³-hybridized carbons (Fsp3) is 0.273. The number of nitrogens with zero attached hydrogens (tertiary/aromatic N) is 1. The monoisotopic (exact) mass is 763 g/mol. The number of hydrogen-bond donors (Lipinski definition) is 1. The van der Waals surface area contributed by atoms with E-state index in [1.54, 1.807) is 0 Å². The zero-order chi connectivity index (χ0) is 37.3. The van der Waals surface area contributed by atoms with Gasteiger partial charge in [0.25, 0.3) is 0 Å². The molecule has 10 heteroatoms. The molecule has 1 aromatic heterocycles. The van der Waals surface area contributed by atoms with Gasteiger partial charge in [-0.2, -0.15) is 0 Å². The van der Waals surface area contributed by atoms with Crippen LogP contribution in [0.15, 0.2) is 140 Å². The highest BCUT2D eigenvalue weighted by molar-refractivity contribution is 7.14. The first-order valence-corrected chi connectivity index (χ1v) is 19.1. The van der Waals surface area contributed by atoms with Crippen molar-refractivity contribution in [3.05, 3.63) is 179 Å². The average Bonchev–Trinajstić information content (AvgIpc) is 3.48. The van der Waals surface area contributed by atoms with Crippen LogP contribution in [0.4, 0.5) is 0 Å². The molecule has 1 aliphatic heterocycles. The van der Waals surface area contributed by atoms with Crippen LogP contribution in [0, 0.1) is 6.92 Å². The first-order chi connectivity index (χ1) is 26.4. The third kappa shape index (κ3) is 9.01. The zero-order valence-electron chi connectivity index (χ0n) is 30.3. The standard InChI is InChI=1S/C44H47NO7P2/c1-31-24-45(53)39-23-38(36(29-51-54)22-37(31)39)44(46)43(50-28-35-20-12-5-13-21-35)42(49-27-34-18-10-4-11-19-34)41(48-26-33-16-8-3-9-17-33)40(52-44)30-47-25-32-14-6-2-7-15-32/h2-24,40-43,46H,25-30,53-54H2,1H3/t40-,41-,42+,43-,44?/m1/s1. The van der Waals surface area contributed by atoms with Crippen molar-refractivity contribution in [1.29, 1.82) is 0 Å².